The monoisotopic (exact) mass is 277 g/mol. The van der Waals surface area contributed by atoms with Gasteiger partial charge in [0.2, 0.25) is 0 Å². The van der Waals surface area contributed by atoms with Crippen molar-refractivity contribution in [2.24, 2.45) is 0 Å². The first-order valence-electron chi connectivity index (χ1n) is 6.53. The molecule has 1 rings (SSSR count). The van der Waals surface area contributed by atoms with Gasteiger partial charge in [0.15, 0.2) is 5.88 Å². The molecule has 0 atom stereocenters. The molecule has 4 N–H and O–H groups in total. The van der Waals surface area contributed by atoms with Crippen LogP contribution in [0.3, 0.4) is 0 Å². The molecular weight excluding hydrogens is 254 g/mol. The number of carbonyl (C=O) groups is 1. The summed E-state index contributed by atoms with van der Waals surface area (Å²) in [6.07, 6.45) is 0. The van der Waals surface area contributed by atoms with Crippen LogP contribution in [-0.2, 0) is 4.74 Å². The smallest absolute Gasteiger partial charge is 0.251 e. The molecule has 0 fully saturated rings. The van der Waals surface area contributed by atoms with Crippen LogP contribution in [0.1, 0.15) is 31.1 Å². The molecule has 0 aliphatic heterocycles. The molecule has 1 aromatic carbocycles. The number of hydrogen-bond donors (Lipinski definition) is 3. The van der Waals surface area contributed by atoms with Gasteiger partial charge in [-0.3, -0.25) is 4.79 Å². The van der Waals surface area contributed by atoms with Crippen molar-refractivity contribution >= 4 is 11.6 Å². The molecule has 5 nitrogen and oxygen atoms in total. The van der Waals surface area contributed by atoms with Gasteiger partial charge in [-0.05, 0) is 45.5 Å². The van der Waals surface area contributed by atoms with Gasteiger partial charge < -0.3 is 21.1 Å². The van der Waals surface area contributed by atoms with Crippen LogP contribution in [0.15, 0.2) is 36.7 Å². The van der Waals surface area contributed by atoms with E-state index in [4.69, 9.17) is 10.5 Å². The average Bonchev–Trinajstić information content (AvgIpc) is 2.32. The second-order valence-electron chi connectivity index (χ2n) is 5.45. The molecule has 0 heterocycles. The molecule has 0 bridgehead atoms. The van der Waals surface area contributed by atoms with Crippen molar-refractivity contribution in [1.82, 2.24) is 10.6 Å². The van der Waals surface area contributed by atoms with Gasteiger partial charge in [0, 0.05) is 24.3 Å². The highest BCUT2D eigenvalue weighted by atomic mass is 16.5. The number of rotatable bonds is 6. The first-order valence-corrected chi connectivity index (χ1v) is 6.53. The summed E-state index contributed by atoms with van der Waals surface area (Å²) < 4.78 is 5.51. The maximum atomic E-state index is 11.8. The first kappa shape index (κ1) is 15.9. The van der Waals surface area contributed by atoms with Crippen molar-refractivity contribution in [2.75, 3.05) is 18.8 Å². The Morgan fingerprint density at radius 1 is 1.30 bits per heavy atom. The minimum Gasteiger partial charge on any atom is -0.474 e. The molecule has 110 valence electrons. The Labute approximate surface area is 120 Å². The van der Waals surface area contributed by atoms with Crippen LogP contribution in [0.2, 0.25) is 0 Å². The molecule has 0 aliphatic rings. The number of benzene rings is 1. The predicted octanol–water partition coefficient (Wildman–Crippen LogP) is 1.87. The summed E-state index contributed by atoms with van der Waals surface area (Å²) in [4.78, 5) is 11.8. The van der Waals surface area contributed by atoms with Gasteiger partial charge in [-0.1, -0.05) is 6.07 Å². The highest BCUT2D eigenvalue weighted by molar-refractivity contribution is 5.94. The minimum atomic E-state index is -0.283. The van der Waals surface area contributed by atoms with E-state index in [1.54, 1.807) is 24.3 Å². The van der Waals surface area contributed by atoms with E-state index in [-0.39, 0.29) is 11.5 Å². The first-order chi connectivity index (χ1) is 9.28. The molecular formula is C15H23N3O2. The number of carbonyl (C=O) groups excluding carboxylic acids is 1. The number of hydrogen-bond acceptors (Lipinski definition) is 4. The normalized spacial score (nSPS) is 10.8. The topological polar surface area (TPSA) is 76.4 Å². The summed E-state index contributed by atoms with van der Waals surface area (Å²) in [5, 5.41) is 5.79. The van der Waals surface area contributed by atoms with E-state index < -0.39 is 0 Å². The lowest BCUT2D eigenvalue weighted by molar-refractivity contribution is 0.0416. The fraction of sp³-hybridized carbons (Fsp3) is 0.400. The number of nitrogens with one attached hydrogen (secondary N) is 2. The fourth-order valence-electron chi connectivity index (χ4n) is 1.57. The van der Waals surface area contributed by atoms with Gasteiger partial charge in [0.1, 0.15) is 5.60 Å². The van der Waals surface area contributed by atoms with Crippen LogP contribution in [-0.4, -0.2) is 24.6 Å². The van der Waals surface area contributed by atoms with Crippen LogP contribution < -0.4 is 16.4 Å². The van der Waals surface area contributed by atoms with E-state index in [9.17, 15) is 4.79 Å². The summed E-state index contributed by atoms with van der Waals surface area (Å²) in [5.74, 6) is 0.345. The Balaban J connectivity index is 2.28. The lowest BCUT2D eigenvalue weighted by atomic mass is 10.2. The standard InChI is InChI=1S/C15H23N3O2/c1-11(20-15(2,3)4)17-8-9-18-14(19)12-6-5-7-13(16)10-12/h5-7,10,17H,1,8-9,16H2,2-4H3,(H,18,19). The highest BCUT2D eigenvalue weighted by Gasteiger charge is 2.12. The maximum absolute atomic E-state index is 11.8. The van der Waals surface area contributed by atoms with Gasteiger partial charge in [-0.2, -0.15) is 0 Å². The van der Waals surface area contributed by atoms with Crippen molar-refractivity contribution in [3.8, 4) is 0 Å². The third-order valence-corrected chi connectivity index (χ3v) is 2.31. The molecule has 0 aliphatic carbocycles. The molecule has 1 amide bonds. The molecule has 0 saturated heterocycles. The number of anilines is 1. The van der Waals surface area contributed by atoms with Crippen LogP contribution in [0.5, 0.6) is 0 Å². The maximum Gasteiger partial charge on any atom is 0.251 e. The van der Waals surface area contributed by atoms with E-state index in [0.29, 0.717) is 30.2 Å². The summed E-state index contributed by atoms with van der Waals surface area (Å²) in [7, 11) is 0. The lowest BCUT2D eigenvalue weighted by Gasteiger charge is -2.23. The zero-order valence-electron chi connectivity index (χ0n) is 12.3. The fourth-order valence-corrected chi connectivity index (χ4v) is 1.57. The summed E-state index contributed by atoms with van der Waals surface area (Å²) >= 11 is 0. The van der Waals surface area contributed by atoms with E-state index in [1.165, 1.54) is 0 Å². The summed E-state index contributed by atoms with van der Waals surface area (Å²) in [5.41, 5.74) is 6.47. The largest absolute Gasteiger partial charge is 0.474 e. The van der Waals surface area contributed by atoms with Gasteiger partial charge >= 0.3 is 0 Å². The highest BCUT2D eigenvalue weighted by Crippen LogP contribution is 2.10. The molecule has 0 saturated carbocycles. The molecule has 0 unspecified atom stereocenters. The molecule has 5 heteroatoms. The SMILES string of the molecule is C=C(NCCNC(=O)c1cccc(N)c1)OC(C)(C)C. The Kier molecular flexibility index (Phi) is 5.43. The van der Waals surface area contributed by atoms with E-state index >= 15 is 0 Å². The molecule has 0 radical (unpaired) electrons. The van der Waals surface area contributed by atoms with Gasteiger partial charge in [-0.15, -0.1) is 0 Å². The van der Waals surface area contributed by atoms with Crippen LogP contribution >= 0.6 is 0 Å². The van der Waals surface area contributed by atoms with Gasteiger partial charge in [-0.25, -0.2) is 0 Å². The van der Waals surface area contributed by atoms with Crippen molar-refractivity contribution in [3.05, 3.63) is 42.3 Å². The third kappa shape index (κ3) is 6.13. The second kappa shape index (κ2) is 6.84. The molecule has 20 heavy (non-hydrogen) atoms. The van der Waals surface area contributed by atoms with E-state index in [0.717, 1.165) is 0 Å². The predicted molar refractivity (Wildman–Crippen MR) is 81.2 cm³/mol. The Bertz CT molecular complexity index is 478. The number of ether oxygens (including phenoxy) is 1. The van der Waals surface area contributed by atoms with Crippen molar-refractivity contribution < 1.29 is 9.53 Å². The lowest BCUT2D eigenvalue weighted by Crippen LogP contribution is -2.33. The van der Waals surface area contributed by atoms with Crippen LogP contribution in [0.25, 0.3) is 0 Å². The van der Waals surface area contributed by atoms with Crippen LogP contribution in [0, 0.1) is 0 Å². The Morgan fingerprint density at radius 2 is 1.95 bits per heavy atom. The third-order valence-electron chi connectivity index (χ3n) is 2.31. The van der Waals surface area contributed by atoms with E-state index in [1.807, 2.05) is 20.8 Å². The van der Waals surface area contributed by atoms with Gasteiger partial charge in [0.05, 0.1) is 0 Å². The number of nitrogen functional groups attached to an aromatic ring is 1. The molecule has 0 aromatic heterocycles. The van der Waals surface area contributed by atoms with Crippen molar-refractivity contribution in [2.45, 2.75) is 26.4 Å². The summed E-state index contributed by atoms with van der Waals surface area (Å²) in [6.45, 7) is 10.6. The number of amides is 1. The summed E-state index contributed by atoms with van der Waals surface area (Å²) in [6, 6.07) is 6.86. The van der Waals surface area contributed by atoms with Crippen LogP contribution in [0.4, 0.5) is 5.69 Å². The number of nitrogens with two attached hydrogens (primary N) is 1. The molecule has 1 aromatic rings. The Hall–Kier alpha value is -2.17. The Morgan fingerprint density at radius 3 is 2.55 bits per heavy atom. The van der Waals surface area contributed by atoms with Crippen molar-refractivity contribution in [3.63, 3.8) is 0 Å². The van der Waals surface area contributed by atoms with E-state index in [2.05, 4.69) is 17.2 Å². The minimum absolute atomic E-state index is 0.151. The van der Waals surface area contributed by atoms with Crippen molar-refractivity contribution in [1.29, 1.82) is 0 Å². The zero-order chi connectivity index (χ0) is 15.2. The quantitative estimate of drug-likeness (QED) is 0.421. The van der Waals surface area contributed by atoms with Gasteiger partial charge in [0.25, 0.3) is 5.91 Å². The zero-order valence-corrected chi connectivity index (χ0v) is 12.3. The average molecular weight is 277 g/mol. The molecule has 0 spiro atoms. The second-order valence-corrected chi connectivity index (χ2v) is 5.45.